The Kier molecular flexibility index (Phi) is 9.14. The normalized spacial score (nSPS) is 17.1. The molecule has 0 aliphatic carbocycles. The number of anilines is 1. The fraction of sp³-hybridized carbons (Fsp3) is 0.579. The van der Waals surface area contributed by atoms with Gasteiger partial charge in [-0.1, -0.05) is 12.1 Å². The molecule has 0 saturated carbocycles. The highest BCUT2D eigenvalue weighted by Gasteiger charge is 2.28. The van der Waals surface area contributed by atoms with Crippen molar-refractivity contribution in [2.75, 3.05) is 45.7 Å². The van der Waals surface area contributed by atoms with Crippen molar-refractivity contribution in [1.29, 1.82) is 0 Å². The predicted octanol–water partition coefficient (Wildman–Crippen LogP) is 1.83. The summed E-state index contributed by atoms with van der Waals surface area (Å²) < 4.78 is 5.47. The molecule has 1 aromatic rings. The number of methoxy groups -OCH3 is 1. The number of rotatable bonds is 6. The minimum atomic E-state index is -0.508. The number of carbonyl (C=O) groups excluding carboxylic acids is 1. The van der Waals surface area contributed by atoms with Gasteiger partial charge in [0.1, 0.15) is 5.75 Å². The van der Waals surface area contributed by atoms with E-state index in [1.165, 1.54) is 0 Å². The summed E-state index contributed by atoms with van der Waals surface area (Å²) in [6.07, 6.45) is 1.01. The topological polar surface area (TPSA) is 78.0 Å². The van der Waals surface area contributed by atoms with E-state index in [1.54, 1.807) is 21.2 Å². The highest BCUT2D eigenvalue weighted by atomic mass is 127. The van der Waals surface area contributed by atoms with Crippen molar-refractivity contribution in [2.45, 2.75) is 26.3 Å². The second-order valence-corrected chi connectivity index (χ2v) is 7.14. The van der Waals surface area contributed by atoms with Crippen LogP contribution in [0, 0.1) is 5.41 Å². The van der Waals surface area contributed by atoms with E-state index in [9.17, 15) is 4.79 Å². The lowest BCUT2D eigenvalue weighted by atomic mass is 9.92. The summed E-state index contributed by atoms with van der Waals surface area (Å²) in [5, 5.41) is 9.42. The van der Waals surface area contributed by atoms with Gasteiger partial charge in [0.15, 0.2) is 5.96 Å². The zero-order chi connectivity index (χ0) is 19.2. The number of para-hydroxylation sites is 2. The zero-order valence-electron chi connectivity index (χ0n) is 16.8. The Morgan fingerprint density at radius 1 is 1.37 bits per heavy atom. The van der Waals surface area contributed by atoms with E-state index < -0.39 is 5.41 Å². The number of benzene rings is 1. The molecule has 1 aliphatic rings. The second kappa shape index (κ2) is 10.6. The highest BCUT2D eigenvalue weighted by molar-refractivity contribution is 14.0. The molecular weight excluding hydrogens is 457 g/mol. The molecule has 3 N–H and O–H groups in total. The molecule has 1 unspecified atom stereocenters. The molecule has 0 aromatic heterocycles. The summed E-state index contributed by atoms with van der Waals surface area (Å²) in [6.45, 7) is 6.16. The summed E-state index contributed by atoms with van der Waals surface area (Å²) in [6, 6.07) is 8.36. The van der Waals surface area contributed by atoms with E-state index in [1.807, 2.05) is 32.0 Å². The smallest absolute Gasteiger partial charge is 0.227 e. The molecule has 152 valence electrons. The minimum absolute atomic E-state index is 0. The molecule has 1 aliphatic heterocycles. The summed E-state index contributed by atoms with van der Waals surface area (Å²) in [4.78, 5) is 18.5. The Labute approximate surface area is 179 Å². The molecule has 7 nitrogen and oxygen atoms in total. The average Bonchev–Trinajstić information content (AvgIpc) is 3.12. The summed E-state index contributed by atoms with van der Waals surface area (Å²) in [5.41, 5.74) is 0.605. The molecule has 8 heteroatoms. The van der Waals surface area contributed by atoms with Gasteiger partial charge >= 0.3 is 0 Å². The monoisotopic (exact) mass is 489 g/mol. The van der Waals surface area contributed by atoms with Gasteiger partial charge in [-0.3, -0.25) is 9.79 Å². The first kappa shape index (κ1) is 23.3. The van der Waals surface area contributed by atoms with Gasteiger partial charge < -0.3 is 25.6 Å². The third-order valence-corrected chi connectivity index (χ3v) is 4.72. The minimum Gasteiger partial charge on any atom is -0.495 e. The van der Waals surface area contributed by atoms with E-state index in [-0.39, 0.29) is 35.9 Å². The third-order valence-electron chi connectivity index (χ3n) is 4.72. The van der Waals surface area contributed by atoms with Crippen LogP contribution in [0.4, 0.5) is 5.69 Å². The maximum Gasteiger partial charge on any atom is 0.227 e. The summed E-state index contributed by atoms with van der Waals surface area (Å²) in [5.74, 6) is 1.61. The molecule has 1 amide bonds. The number of carbonyl (C=O) groups is 1. The van der Waals surface area contributed by atoms with E-state index in [4.69, 9.17) is 4.74 Å². The highest BCUT2D eigenvalue weighted by Crippen LogP contribution is 2.30. The molecule has 2 rings (SSSR count). The molecule has 1 heterocycles. The van der Waals surface area contributed by atoms with Gasteiger partial charge in [-0.15, -0.1) is 24.0 Å². The van der Waals surface area contributed by atoms with Crippen LogP contribution < -0.4 is 25.6 Å². The molecule has 1 saturated heterocycles. The maximum atomic E-state index is 11.9. The number of hydrogen-bond donors (Lipinski definition) is 3. The van der Waals surface area contributed by atoms with Gasteiger partial charge in [-0.25, -0.2) is 0 Å². The molecule has 1 aromatic carbocycles. The number of aliphatic imine (C=N–C) groups is 1. The van der Waals surface area contributed by atoms with Crippen molar-refractivity contribution in [3.63, 3.8) is 0 Å². The van der Waals surface area contributed by atoms with Crippen LogP contribution in [0.3, 0.4) is 0 Å². The Bertz CT molecular complexity index is 651. The number of amides is 1. The van der Waals surface area contributed by atoms with Crippen molar-refractivity contribution >= 4 is 41.5 Å². The molecule has 0 radical (unpaired) electrons. The lowest BCUT2D eigenvalue weighted by molar-refractivity contribution is -0.128. The third kappa shape index (κ3) is 6.15. The van der Waals surface area contributed by atoms with E-state index >= 15 is 0 Å². The molecule has 1 fully saturated rings. The van der Waals surface area contributed by atoms with Crippen molar-refractivity contribution in [3.8, 4) is 5.75 Å². The summed E-state index contributed by atoms with van der Waals surface area (Å²) in [7, 11) is 5.10. The van der Waals surface area contributed by atoms with Gasteiger partial charge in [0.05, 0.1) is 18.2 Å². The first-order valence-electron chi connectivity index (χ1n) is 8.98. The van der Waals surface area contributed by atoms with Crippen LogP contribution >= 0.6 is 24.0 Å². The van der Waals surface area contributed by atoms with Gasteiger partial charge in [0.2, 0.25) is 5.91 Å². The Balaban J connectivity index is 0.00000364. The fourth-order valence-corrected chi connectivity index (χ4v) is 3.10. The molecular formula is C19H32IN5O2. The van der Waals surface area contributed by atoms with Gasteiger partial charge in [0.25, 0.3) is 0 Å². The van der Waals surface area contributed by atoms with E-state index in [2.05, 4.69) is 31.9 Å². The standard InChI is InChI=1S/C19H31N5O2.HI/c1-19(2,17(25)20-3)13-22-18(21-4)23-14-10-11-24(12-14)15-8-6-7-9-16(15)26-5;/h6-9,14H,10-13H2,1-5H3,(H,20,25)(H2,21,22,23);1H. The van der Waals surface area contributed by atoms with Crippen LogP contribution in [0.15, 0.2) is 29.3 Å². The number of halogens is 1. The number of guanidine groups is 1. The van der Waals surface area contributed by atoms with Gasteiger partial charge in [-0.05, 0) is 32.4 Å². The number of hydrogen-bond acceptors (Lipinski definition) is 4. The van der Waals surface area contributed by atoms with Crippen LogP contribution in [0.2, 0.25) is 0 Å². The SMILES string of the molecule is CN=C(NCC(C)(C)C(=O)NC)NC1CCN(c2ccccc2OC)C1.I. The van der Waals surface area contributed by atoms with Gasteiger partial charge in [-0.2, -0.15) is 0 Å². The van der Waals surface area contributed by atoms with Crippen molar-refractivity contribution in [1.82, 2.24) is 16.0 Å². The molecule has 0 spiro atoms. The Morgan fingerprint density at radius 2 is 2.07 bits per heavy atom. The van der Waals surface area contributed by atoms with Crippen LogP contribution in [0.5, 0.6) is 5.75 Å². The Hall–Kier alpha value is -1.71. The lowest BCUT2D eigenvalue weighted by Gasteiger charge is -2.25. The number of nitrogens with zero attached hydrogens (tertiary/aromatic N) is 2. The van der Waals surface area contributed by atoms with Gasteiger partial charge in [0, 0.05) is 39.8 Å². The van der Waals surface area contributed by atoms with Crippen LogP contribution in [-0.2, 0) is 4.79 Å². The van der Waals surface area contributed by atoms with E-state index in [0.717, 1.165) is 30.9 Å². The average molecular weight is 489 g/mol. The fourth-order valence-electron chi connectivity index (χ4n) is 3.10. The largest absolute Gasteiger partial charge is 0.495 e. The molecule has 0 bridgehead atoms. The van der Waals surface area contributed by atoms with Crippen molar-refractivity contribution < 1.29 is 9.53 Å². The van der Waals surface area contributed by atoms with Crippen LogP contribution in [-0.4, -0.2) is 58.7 Å². The van der Waals surface area contributed by atoms with Crippen molar-refractivity contribution in [2.24, 2.45) is 10.4 Å². The first-order valence-corrected chi connectivity index (χ1v) is 8.98. The predicted molar refractivity (Wildman–Crippen MR) is 121 cm³/mol. The first-order chi connectivity index (χ1) is 12.4. The van der Waals surface area contributed by atoms with Crippen LogP contribution in [0.25, 0.3) is 0 Å². The van der Waals surface area contributed by atoms with Crippen molar-refractivity contribution in [3.05, 3.63) is 24.3 Å². The lowest BCUT2D eigenvalue weighted by Crippen LogP contribution is -2.50. The van der Waals surface area contributed by atoms with Crippen LogP contribution in [0.1, 0.15) is 20.3 Å². The number of ether oxygens (including phenoxy) is 1. The van der Waals surface area contributed by atoms with E-state index in [0.29, 0.717) is 12.5 Å². The quantitative estimate of drug-likeness (QED) is 0.323. The Morgan fingerprint density at radius 3 is 2.70 bits per heavy atom. The number of nitrogens with one attached hydrogen (secondary N) is 3. The summed E-state index contributed by atoms with van der Waals surface area (Å²) >= 11 is 0. The molecule has 1 atom stereocenters. The second-order valence-electron chi connectivity index (χ2n) is 7.14. The zero-order valence-corrected chi connectivity index (χ0v) is 19.2. The maximum absolute atomic E-state index is 11.9. The molecule has 27 heavy (non-hydrogen) atoms.